The number of nitrogens with one attached hydrogen (secondary N) is 1. The van der Waals surface area contributed by atoms with Crippen LogP contribution in [-0.2, 0) is 5.41 Å². The summed E-state index contributed by atoms with van der Waals surface area (Å²) in [5, 5.41) is 5.41. The summed E-state index contributed by atoms with van der Waals surface area (Å²) < 4.78 is 11.2. The summed E-state index contributed by atoms with van der Waals surface area (Å²) in [6, 6.07) is 8.57. The number of nitrogens with zero attached hydrogens (tertiary/aromatic N) is 1. The maximum absolute atomic E-state index is 13.0. The van der Waals surface area contributed by atoms with E-state index in [-0.39, 0.29) is 11.3 Å². The first-order chi connectivity index (χ1) is 12.3. The summed E-state index contributed by atoms with van der Waals surface area (Å²) >= 11 is 1.43. The van der Waals surface area contributed by atoms with Gasteiger partial charge in [0, 0.05) is 36.1 Å². The molecular formula is C19H20N2O3S. The fraction of sp³-hybridized carbons (Fsp3) is 0.421. The second-order valence-electron chi connectivity index (χ2n) is 6.93. The lowest BCUT2D eigenvalue weighted by Gasteiger charge is -2.39. The first kappa shape index (κ1) is 15.1. The summed E-state index contributed by atoms with van der Waals surface area (Å²) in [6.07, 6.45) is 1.99. The van der Waals surface area contributed by atoms with E-state index >= 15 is 0 Å². The van der Waals surface area contributed by atoms with E-state index in [2.05, 4.69) is 29.6 Å². The zero-order valence-electron chi connectivity index (χ0n) is 13.9. The van der Waals surface area contributed by atoms with Crippen molar-refractivity contribution in [2.75, 3.05) is 38.2 Å². The van der Waals surface area contributed by atoms with Gasteiger partial charge < -0.3 is 19.7 Å². The molecule has 4 heterocycles. The van der Waals surface area contributed by atoms with E-state index in [9.17, 15) is 4.79 Å². The Morgan fingerprint density at radius 2 is 1.96 bits per heavy atom. The van der Waals surface area contributed by atoms with Gasteiger partial charge in [-0.05, 0) is 24.5 Å². The molecule has 0 atom stereocenters. The molecule has 2 aromatic rings. The minimum atomic E-state index is 0.0749. The quantitative estimate of drug-likeness (QED) is 0.853. The molecule has 1 spiro atoms. The standard InChI is InChI=1S/C19H20N2O3S/c22-18(17-16-15(11-25-17)23-9-10-24-16)21-7-5-19(6-8-21)12-20-14-4-2-1-3-13(14)19/h1-4,11,20H,5-10,12H2. The highest BCUT2D eigenvalue weighted by Gasteiger charge is 2.42. The number of para-hydroxylation sites is 1. The summed E-state index contributed by atoms with van der Waals surface area (Å²) in [6.45, 7) is 3.59. The van der Waals surface area contributed by atoms with Gasteiger partial charge in [-0.1, -0.05) is 18.2 Å². The van der Waals surface area contributed by atoms with E-state index in [1.165, 1.54) is 22.6 Å². The Balaban J connectivity index is 1.34. The predicted octanol–water partition coefficient (Wildman–Crippen LogP) is 3.12. The molecule has 0 radical (unpaired) electrons. The van der Waals surface area contributed by atoms with E-state index < -0.39 is 0 Å². The number of thiophene rings is 1. The van der Waals surface area contributed by atoms with Crippen molar-refractivity contribution >= 4 is 22.9 Å². The van der Waals surface area contributed by atoms with Crippen LogP contribution in [-0.4, -0.2) is 43.7 Å². The number of carbonyl (C=O) groups is 1. The van der Waals surface area contributed by atoms with Crippen molar-refractivity contribution in [2.24, 2.45) is 0 Å². The van der Waals surface area contributed by atoms with Gasteiger partial charge in [-0.3, -0.25) is 4.79 Å². The molecule has 1 fully saturated rings. The maximum atomic E-state index is 13.0. The molecule has 130 valence electrons. The largest absolute Gasteiger partial charge is 0.485 e. The Kier molecular flexibility index (Phi) is 3.41. The Morgan fingerprint density at radius 1 is 1.16 bits per heavy atom. The fourth-order valence-corrected chi connectivity index (χ4v) is 5.09. The number of hydrogen-bond donors (Lipinski definition) is 1. The van der Waals surface area contributed by atoms with Gasteiger partial charge >= 0.3 is 0 Å². The van der Waals surface area contributed by atoms with Crippen molar-refractivity contribution in [2.45, 2.75) is 18.3 Å². The van der Waals surface area contributed by atoms with Gasteiger partial charge in [0.2, 0.25) is 0 Å². The van der Waals surface area contributed by atoms with Gasteiger partial charge in [0.1, 0.15) is 18.1 Å². The molecule has 0 aliphatic carbocycles. The number of likely N-dealkylation sites (tertiary alicyclic amines) is 1. The number of hydrogen-bond acceptors (Lipinski definition) is 5. The van der Waals surface area contributed by atoms with Gasteiger partial charge in [-0.2, -0.15) is 0 Å². The minimum absolute atomic E-state index is 0.0749. The van der Waals surface area contributed by atoms with Gasteiger partial charge in [0.15, 0.2) is 11.5 Å². The van der Waals surface area contributed by atoms with E-state index in [4.69, 9.17) is 9.47 Å². The number of amides is 1. The second kappa shape index (κ2) is 5.66. The normalized spacial score (nSPS) is 20.2. The monoisotopic (exact) mass is 356 g/mol. The molecule has 1 amide bonds. The molecule has 6 heteroatoms. The minimum Gasteiger partial charge on any atom is -0.485 e. The highest BCUT2D eigenvalue weighted by Crippen LogP contribution is 2.45. The zero-order valence-corrected chi connectivity index (χ0v) is 14.7. The first-order valence-electron chi connectivity index (χ1n) is 8.77. The highest BCUT2D eigenvalue weighted by molar-refractivity contribution is 7.12. The van der Waals surface area contributed by atoms with Crippen LogP contribution >= 0.6 is 11.3 Å². The molecule has 3 aliphatic rings. The fourth-order valence-electron chi connectivity index (χ4n) is 4.20. The smallest absolute Gasteiger partial charge is 0.267 e. The molecule has 0 bridgehead atoms. The number of rotatable bonds is 1. The molecular weight excluding hydrogens is 336 g/mol. The van der Waals surface area contributed by atoms with Crippen molar-refractivity contribution < 1.29 is 14.3 Å². The highest BCUT2D eigenvalue weighted by atomic mass is 32.1. The molecule has 5 nitrogen and oxygen atoms in total. The number of benzene rings is 1. The third-order valence-electron chi connectivity index (χ3n) is 5.62. The summed E-state index contributed by atoms with van der Waals surface area (Å²) in [4.78, 5) is 15.6. The van der Waals surface area contributed by atoms with Crippen LogP contribution in [0.4, 0.5) is 5.69 Å². The Labute approximate surface area is 150 Å². The van der Waals surface area contributed by atoms with Crippen LogP contribution in [0.15, 0.2) is 29.6 Å². The molecule has 5 rings (SSSR count). The van der Waals surface area contributed by atoms with Crippen molar-refractivity contribution in [3.63, 3.8) is 0 Å². The Bertz CT molecular complexity index is 824. The summed E-state index contributed by atoms with van der Waals surface area (Å²) in [5.74, 6) is 1.42. The van der Waals surface area contributed by atoms with Gasteiger partial charge in [-0.25, -0.2) is 0 Å². The van der Waals surface area contributed by atoms with E-state index in [0.717, 1.165) is 32.5 Å². The maximum Gasteiger partial charge on any atom is 0.267 e. The number of ether oxygens (including phenoxy) is 2. The Hall–Kier alpha value is -2.21. The molecule has 0 saturated carbocycles. The number of anilines is 1. The van der Waals surface area contributed by atoms with Crippen LogP contribution in [0.25, 0.3) is 0 Å². The third-order valence-corrected chi connectivity index (χ3v) is 6.55. The van der Waals surface area contributed by atoms with E-state index in [0.29, 0.717) is 29.6 Å². The van der Waals surface area contributed by atoms with Crippen molar-refractivity contribution in [1.82, 2.24) is 4.90 Å². The predicted molar refractivity (Wildman–Crippen MR) is 97.1 cm³/mol. The third kappa shape index (κ3) is 2.31. The van der Waals surface area contributed by atoms with Crippen molar-refractivity contribution in [1.29, 1.82) is 0 Å². The Morgan fingerprint density at radius 3 is 2.84 bits per heavy atom. The SMILES string of the molecule is O=C(c1scc2c1OCCO2)N1CCC2(CC1)CNc1ccccc12. The average molecular weight is 356 g/mol. The molecule has 1 saturated heterocycles. The zero-order chi connectivity index (χ0) is 16.9. The lowest BCUT2D eigenvalue weighted by Crippen LogP contribution is -2.46. The lowest BCUT2D eigenvalue weighted by molar-refractivity contribution is 0.0673. The molecule has 3 aliphatic heterocycles. The van der Waals surface area contributed by atoms with Gasteiger partial charge in [0.25, 0.3) is 5.91 Å². The van der Waals surface area contributed by atoms with E-state index in [1.807, 2.05) is 10.3 Å². The molecule has 25 heavy (non-hydrogen) atoms. The topological polar surface area (TPSA) is 50.8 Å². The van der Waals surface area contributed by atoms with E-state index in [1.54, 1.807) is 0 Å². The van der Waals surface area contributed by atoms with Crippen LogP contribution < -0.4 is 14.8 Å². The van der Waals surface area contributed by atoms with Crippen LogP contribution in [0, 0.1) is 0 Å². The van der Waals surface area contributed by atoms with Crippen LogP contribution in [0.5, 0.6) is 11.5 Å². The summed E-state index contributed by atoms with van der Waals surface area (Å²) in [5.41, 5.74) is 2.83. The molecule has 1 aromatic heterocycles. The molecule has 0 unspecified atom stereocenters. The van der Waals surface area contributed by atoms with Gasteiger partial charge in [0.05, 0.1) is 0 Å². The van der Waals surface area contributed by atoms with Crippen molar-refractivity contribution in [3.8, 4) is 11.5 Å². The number of carbonyl (C=O) groups excluding carboxylic acids is 1. The number of fused-ring (bicyclic) bond motifs is 3. The van der Waals surface area contributed by atoms with Gasteiger partial charge in [-0.15, -0.1) is 11.3 Å². The second-order valence-corrected chi connectivity index (χ2v) is 7.81. The first-order valence-corrected chi connectivity index (χ1v) is 9.65. The van der Waals surface area contributed by atoms with Crippen molar-refractivity contribution in [3.05, 3.63) is 40.1 Å². The lowest BCUT2D eigenvalue weighted by atomic mass is 9.74. The van der Waals surface area contributed by atoms with Crippen LogP contribution in [0.3, 0.4) is 0 Å². The molecule has 1 aromatic carbocycles. The van der Waals surface area contributed by atoms with Crippen LogP contribution in [0.1, 0.15) is 28.1 Å². The van der Waals surface area contributed by atoms with Crippen LogP contribution in [0.2, 0.25) is 0 Å². The number of piperidine rings is 1. The average Bonchev–Trinajstić information content (AvgIpc) is 3.25. The summed E-state index contributed by atoms with van der Waals surface area (Å²) in [7, 11) is 0. The molecule has 1 N–H and O–H groups in total.